The zero-order valence-electron chi connectivity index (χ0n) is 12.1. The van der Waals surface area contributed by atoms with Crippen molar-refractivity contribution in [3.63, 3.8) is 0 Å². The Morgan fingerprint density at radius 1 is 1.29 bits per heavy atom. The van der Waals surface area contributed by atoms with Crippen LogP contribution in [0.3, 0.4) is 0 Å². The Morgan fingerprint density at radius 3 is 2.67 bits per heavy atom. The standard InChI is InChI=1S/C16H19BrO4/c1-2-20-15(18)10-21-14-9-12(17)7-8-13(14)16(19)11-5-3-4-6-11/h7-9,11H,2-6,10H2,1H3. The van der Waals surface area contributed by atoms with E-state index in [9.17, 15) is 9.59 Å². The maximum Gasteiger partial charge on any atom is 0.344 e. The Hall–Kier alpha value is -1.36. The Labute approximate surface area is 132 Å². The molecule has 2 rings (SSSR count). The monoisotopic (exact) mass is 354 g/mol. The molecule has 0 saturated heterocycles. The van der Waals surface area contributed by atoms with Gasteiger partial charge in [-0.3, -0.25) is 4.79 Å². The number of rotatable bonds is 6. The van der Waals surface area contributed by atoms with Gasteiger partial charge >= 0.3 is 5.97 Å². The summed E-state index contributed by atoms with van der Waals surface area (Å²) in [5, 5.41) is 0. The van der Waals surface area contributed by atoms with E-state index in [1.54, 1.807) is 19.1 Å². The van der Waals surface area contributed by atoms with Crippen LogP contribution in [-0.2, 0) is 9.53 Å². The Morgan fingerprint density at radius 2 is 2.00 bits per heavy atom. The molecule has 1 saturated carbocycles. The van der Waals surface area contributed by atoms with Crippen LogP contribution in [0.15, 0.2) is 22.7 Å². The van der Waals surface area contributed by atoms with Gasteiger partial charge < -0.3 is 9.47 Å². The second-order valence-electron chi connectivity index (χ2n) is 5.08. The number of ketones is 1. The quantitative estimate of drug-likeness (QED) is 0.576. The molecule has 0 radical (unpaired) electrons. The summed E-state index contributed by atoms with van der Waals surface area (Å²) in [4.78, 5) is 23.9. The minimum Gasteiger partial charge on any atom is -0.481 e. The molecule has 0 aromatic heterocycles. The molecule has 0 bridgehead atoms. The first-order valence-electron chi connectivity index (χ1n) is 7.24. The molecule has 0 amide bonds. The van der Waals surface area contributed by atoms with Crippen LogP contribution in [0, 0.1) is 5.92 Å². The van der Waals surface area contributed by atoms with Gasteiger partial charge in [-0.25, -0.2) is 4.79 Å². The summed E-state index contributed by atoms with van der Waals surface area (Å²) in [6.07, 6.45) is 4.08. The van der Waals surface area contributed by atoms with Gasteiger partial charge in [0.15, 0.2) is 12.4 Å². The summed E-state index contributed by atoms with van der Waals surface area (Å²) in [5.74, 6) is 0.195. The van der Waals surface area contributed by atoms with Crippen LogP contribution in [0.25, 0.3) is 0 Å². The first-order valence-corrected chi connectivity index (χ1v) is 8.03. The van der Waals surface area contributed by atoms with Crippen molar-refractivity contribution in [3.8, 4) is 5.75 Å². The molecule has 1 aliphatic rings. The SMILES string of the molecule is CCOC(=O)COc1cc(Br)ccc1C(=O)C1CCCC1. The molecule has 1 aromatic carbocycles. The summed E-state index contributed by atoms with van der Waals surface area (Å²) >= 11 is 3.36. The molecule has 0 heterocycles. The fourth-order valence-electron chi connectivity index (χ4n) is 2.57. The molecular weight excluding hydrogens is 336 g/mol. The molecule has 1 aliphatic carbocycles. The van der Waals surface area contributed by atoms with Gasteiger partial charge in [-0.05, 0) is 38.0 Å². The maximum absolute atomic E-state index is 12.5. The summed E-state index contributed by atoms with van der Waals surface area (Å²) < 4.78 is 11.1. The van der Waals surface area contributed by atoms with Crippen molar-refractivity contribution in [3.05, 3.63) is 28.2 Å². The number of halogens is 1. The molecule has 114 valence electrons. The molecular formula is C16H19BrO4. The van der Waals surface area contributed by atoms with Crippen molar-refractivity contribution in [2.75, 3.05) is 13.2 Å². The van der Waals surface area contributed by atoms with Crippen LogP contribution in [0.2, 0.25) is 0 Å². The van der Waals surface area contributed by atoms with E-state index in [4.69, 9.17) is 9.47 Å². The fourth-order valence-corrected chi connectivity index (χ4v) is 2.91. The molecule has 0 N–H and O–H groups in total. The lowest BCUT2D eigenvalue weighted by Crippen LogP contribution is -2.17. The highest BCUT2D eigenvalue weighted by Gasteiger charge is 2.26. The van der Waals surface area contributed by atoms with Gasteiger partial charge in [0.25, 0.3) is 0 Å². The van der Waals surface area contributed by atoms with E-state index in [0.717, 1.165) is 30.2 Å². The fraction of sp³-hybridized carbons (Fsp3) is 0.500. The van der Waals surface area contributed by atoms with Crippen LogP contribution in [0.4, 0.5) is 0 Å². The molecule has 21 heavy (non-hydrogen) atoms. The van der Waals surface area contributed by atoms with Crippen molar-refractivity contribution in [1.82, 2.24) is 0 Å². The lowest BCUT2D eigenvalue weighted by molar-refractivity contribution is -0.145. The number of carbonyl (C=O) groups is 2. The third-order valence-electron chi connectivity index (χ3n) is 3.59. The van der Waals surface area contributed by atoms with Crippen molar-refractivity contribution in [1.29, 1.82) is 0 Å². The smallest absolute Gasteiger partial charge is 0.344 e. The van der Waals surface area contributed by atoms with E-state index in [2.05, 4.69) is 15.9 Å². The minimum absolute atomic E-state index is 0.0797. The van der Waals surface area contributed by atoms with Crippen LogP contribution in [0.1, 0.15) is 43.0 Å². The molecule has 5 heteroatoms. The summed E-state index contributed by atoms with van der Waals surface area (Å²) in [6, 6.07) is 5.30. The summed E-state index contributed by atoms with van der Waals surface area (Å²) in [6.45, 7) is 1.87. The number of hydrogen-bond acceptors (Lipinski definition) is 4. The zero-order valence-corrected chi connectivity index (χ0v) is 13.6. The van der Waals surface area contributed by atoms with Crippen LogP contribution in [-0.4, -0.2) is 25.0 Å². The van der Waals surface area contributed by atoms with E-state index in [-0.39, 0.29) is 18.3 Å². The predicted molar refractivity (Wildman–Crippen MR) is 82.6 cm³/mol. The van der Waals surface area contributed by atoms with Gasteiger partial charge in [0.1, 0.15) is 5.75 Å². The van der Waals surface area contributed by atoms with Gasteiger partial charge in [-0.2, -0.15) is 0 Å². The zero-order chi connectivity index (χ0) is 15.2. The first kappa shape index (κ1) is 16.0. The van der Waals surface area contributed by atoms with Gasteiger partial charge in [-0.1, -0.05) is 28.8 Å². The highest BCUT2D eigenvalue weighted by atomic mass is 79.9. The molecule has 0 aliphatic heterocycles. The first-order chi connectivity index (χ1) is 10.1. The van der Waals surface area contributed by atoms with E-state index in [1.165, 1.54) is 0 Å². The van der Waals surface area contributed by atoms with E-state index in [1.807, 2.05) is 6.07 Å². The molecule has 1 fully saturated rings. The minimum atomic E-state index is -0.434. The van der Waals surface area contributed by atoms with Crippen LogP contribution >= 0.6 is 15.9 Å². The lowest BCUT2D eigenvalue weighted by atomic mass is 9.96. The second-order valence-corrected chi connectivity index (χ2v) is 6.00. The number of carbonyl (C=O) groups excluding carboxylic acids is 2. The van der Waals surface area contributed by atoms with Crippen LogP contribution < -0.4 is 4.74 Å². The third kappa shape index (κ3) is 4.30. The number of Topliss-reactive ketones (excluding diaryl/α,β-unsaturated/α-hetero) is 1. The Balaban J connectivity index is 2.13. The number of hydrogen-bond donors (Lipinski definition) is 0. The lowest BCUT2D eigenvalue weighted by Gasteiger charge is -2.14. The van der Waals surface area contributed by atoms with Crippen molar-refractivity contribution in [2.24, 2.45) is 5.92 Å². The topological polar surface area (TPSA) is 52.6 Å². The Bertz CT molecular complexity index is 521. The Kier molecular flexibility index (Phi) is 5.79. The van der Waals surface area contributed by atoms with Crippen molar-refractivity contribution >= 4 is 27.7 Å². The van der Waals surface area contributed by atoms with Gasteiger partial charge in [0, 0.05) is 10.4 Å². The number of esters is 1. The average Bonchev–Trinajstić information content (AvgIpc) is 2.99. The summed E-state index contributed by atoms with van der Waals surface area (Å²) in [7, 11) is 0. The third-order valence-corrected chi connectivity index (χ3v) is 4.08. The highest BCUT2D eigenvalue weighted by molar-refractivity contribution is 9.10. The van der Waals surface area contributed by atoms with Gasteiger partial charge in [-0.15, -0.1) is 0 Å². The van der Waals surface area contributed by atoms with E-state index in [0.29, 0.717) is 17.9 Å². The van der Waals surface area contributed by atoms with E-state index < -0.39 is 5.97 Å². The summed E-state index contributed by atoms with van der Waals surface area (Å²) in [5.41, 5.74) is 0.550. The molecule has 1 aromatic rings. The van der Waals surface area contributed by atoms with Gasteiger partial charge in [0.05, 0.1) is 12.2 Å². The van der Waals surface area contributed by atoms with Crippen molar-refractivity contribution in [2.45, 2.75) is 32.6 Å². The average molecular weight is 355 g/mol. The van der Waals surface area contributed by atoms with Crippen LogP contribution in [0.5, 0.6) is 5.75 Å². The molecule has 0 unspecified atom stereocenters. The number of ether oxygens (including phenoxy) is 2. The maximum atomic E-state index is 12.5. The normalized spacial score (nSPS) is 15.0. The molecule has 0 atom stereocenters. The largest absolute Gasteiger partial charge is 0.481 e. The molecule has 0 spiro atoms. The van der Waals surface area contributed by atoms with Gasteiger partial charge in [0.2, 0.25) is 0 Å². The second kappa shape index (κ2) is 7.59. The highest BCUT2D eigenvalue weighted by Crippen LogP contribution is 2.32. The molecule has 4 nitrogen and oxygen atoms in total. The number of benzene rings is 1. The van der Waals surface area contributed by atoms with Crippen molar-refractivity contribution < 1.29 is 19.1 Å². The predicted octanol–water partition coefficient (Wildman–Crippen LogP) is 3.76. The van der Waals surface area contributed by atoms with E-state index >= 15 is 0 Å².